The number of hydrogen-bond acceptors (Lipinski definition) is 2. The van der Waals surface area contributed by atoms with E-state index in [1.807, 2.05) is 30.5 Å². The van der Waals surface area contributed by atoms with Crippen LogP contribution in [0, 0.1) is 11.6 Å². The van der Waals surface area contributed by atoms with Gasteiger partial charge in [-0.3, -0.25) is 9.48 Å². The lowest BCUT2D eigenvalue weighted by Gasteiger charge is -2.04. The molecule has 0 aliphatic heterocycles. The smallest absolute Gasteiger partial charge is 0.229 e. The number of rotatable bonds is 5. The number of hydrogen-bond donors (Lipinski definition) is 2. The number of nitrogens with one attached hydrogen (secondary N) is 2. The quantitative estimate of drug-likeness (QED) is 0.563. The van der Waals surface area contributed by atoms with E-state index in [0.717, 1.165) is 28.6 Å². The second-order valence-electron chi connectivity index (χ2n) is 6.27. The van der Waals surface area contributed by atoms with Crippen LogP contribution in [0.5, 0.6) is 0 Å². The number of anilines is 1. The molecule has 0 saturated carbocycles. The average molecular weight is 366 g/mol. The van der Waals surface area contributed by atoms with Gasteiger partial charge in [0, 0.05) is 24.0 Å². The molecule has 27 heavy (non-hydrogen) atoms. The second-order valence-corrected chi connectivity index (χ2v) is 6.27. The molecule has 2 aromatic carbocycles. The highest BCUT2D eigenvalue weighted by molar-refractivity contribution is 5.92. The van der Waals surface area contributed by atoms with Crippen LogP contribution >= 0.6 is 0 Å². The molecule has 2 aromatic heterocycles. The molecule has 4 aromatic rings. The fourth-order valence-corrected chi connectivity index (χ4v) is 2.92. The molecule has 7 heteroatoms. The summed E-state index contributed by atoms with van der Waals surface area (Å²) in [7, 11) is 0. The topological polar surface area (TPSA) is 62.7 Å². The molecule has 0 saturated heterocycles. The zero-order valence-electron chi connectivity index (χ0n) is 14.2. The van der Waals surface area contributed by atoms with Crippen LogP contribution in [0.25, 0.3) is 10.9 Å². The van der Waals surface area contributed by atoms with Crippen LogP contribution in [0.2, 0.25) is 0 Å². The van der Waals surface area contributed by atoms with Gasteiger partial charge in [0.25, 0.3) is 0 Å². The molecule has 0 unspecified atom stereocenters. The standard InChI is InChI=1S/C20H16F2N4O/c21-16-4-2-14(9-17(16)22)12-26-8-6-19(25-26)24-20(27)11-13-1-3-15-5-7-23-18(15)10-13/h1-10,23H,11-12H2,(H,24,25,27). The lowest BCUT2D eigenvalue weighted by atomic mass is 10.1. The SMILES string of the molecule is O=C(Cc1ccc2cc[nH]c2c1)Nc1ccn(Cc2ccc(F)c(F)c2)n1. The van der Waals surface area contributed by atoms with Gasteiger partial charge in [-0.05, 0) is 40.8 Å². The highest BCUT2D eigenvalue weighted by Crippen LogP contribution is 2.15. The molecule has 2 N–H and O–H groups in total. The van der Waals surface area contributed by atoms with Gasteiger partial charge in [-0.1, -0.05) is 18.2 Å². The van der Waals surface area contributed by atoms with Crippen molar-refractivity contribution in [1.82, 2.24) is 14.8 Å². The highest BCUT2D eigenvalue weighted by atomic mass is 19.2. The minimum atomic E-state index is -0.896. The average Bonchev–Trinajstić information content (AvgIpc) is 3.27. The van der Waals surface area contributed by atoms with E-state index in [1.54, 1.807) is 16.9 Å². The summed E-state index contributed by atoms with van der Waals surface area (Å²) in [4.78, 5) is 15.4. The Labute approximate surface area is 153 Å². The first-order valence-electron chi connectivity index (χ1n) is 8.40. The maximum Gasteiger partial charge on any atom is 0.229 e. The van der Waals surface area contributed by atoms with E-state index in [-0.39, 0.29) is 18.9 Å². The highest BCUT2D eigenvalue weighted by Gasteiger charge is 2.09. The first kappa shape index (κ1) is 17.0. The van der Waals surface area contributed by atoms with Crippen molar-refractivity contribution < 1.29 is 13.6 Å². The van der Waals surface area contributed by atoms with E-state index >= 15 is 0 Å². The number of aromatic nitrogens is 3. The summed E-state index contributed by atoms with van der Waals surface area (Å²) < 4.78 is 27.8. The van der Waals surface area contributed by atoms with Gasteiger partial charge < -0.3 is 10.3 Å². The number of fused-ring (bicyclic) bond motifs is 1. The molecule has 0 spiro atoms. The molecule has 0 bridgehead atoms. The monoisotopic (exact) mass is 366 g/mol. The van der Waals surface area contributed by atoms with Crippen molar-refractivity contribution in [3.8, 4) is 0 Å². The lowest BCUT2D eigenvalue weighted by molar-refractivity contribution is -0.115. The van der Waals surface area contributed by atoms with E-state index < -0.39 is 11.6 Å². The first-order valence-corrected chi connectivity index (χ1v) is 8.40. The Morgan fingerprint density at radius 2 is 1.89 bits per heavy atom. The zero-order chi connectivity index (χ0) is 18.8. The Bertz CT molecular complexity index is 1120. The number of nitrogens with zero attached hydrogens (tertiary/aromatic N) is 2. The maximum absolute atomic E-state index is 13.3. The molecular formula is C20H16F2N4O. The van der Waals surface area contributed by atoms with Gasteiger partial charge in [0.05, 0.1) is 13.0 Å². The number of aromatic amines is 1. The third kappa shape index (κ3) is 3.87. The number of benzene rings is 2. The number of H-pyrrole nitrogens is 1. The van der Waals surface area contributed by atoms with Crippen molar-refractivity contribution in [3.63, 3.8) is 0 Å². The third-order valence-corrected chi connectivity index (χ3v) is 4.22. The Morgan fingerprint density at radius 1 is 1.04 bits per heavy atom. The van der Waals surface area contributed by atoms with Crippen LogP contribution in [0.15, 0.2) is 60.9 Å². The van der Waals surface area contributed by atoms with Gasteiger partial charge in [0.15, 0.2) is 17.5 Å². The van der Waals surface area contributed by atoms with Gasteiger partial charge in [-0.15, -0.1) is 0 Å². The number of carbonyl (C=O) groups is 1. The Balaban J connectivity index is 1.39. The Hall–Kier alpha value is -3.48. The van der Waals surface area contributed by atoms with Crippen molar-refractivity contribution in [2.45, 2.75) is 13.0 Å². The molecule has 0 aliphatic carbocycles. The summed E-state index contributed by atoms with van der Waals surface area (Å²) in [6.45, 7) is 0.274. The molecule has 0 fully saturated rings. The number of carbonyl (C=O) groups excluding carboxylic acids is 1. The Morgan fingerprint density at radius 3 is 2.74 bits per heavy atom. The van der Waals surface area contributed by atoms with Crippen LogP contribution in [0.4, 0.5) is 14.6 Å². The Kier molecular flexibility index (Phi) is 4.42. The molecule has 136 valence electrons. The molecule has 0 radical (unpaired) electrons. The van der Waals surface area contributed by atoms with Gasteiger partial charge in [0.2, 0.25) is 5.91 Å². The minimum Gasteiger partial charge on any atom is -0.361 e. The van der Waals surface area contributed by atoms with Crippen LogP contribution in [0.1, 0.15) is 11.1 Å². The molecule has 2 heterocycles. The van der Waals surface area contributed by atoms with E-state index in [9.17, 15) is 13.6 Å². The maximum atomic E-state index is 13.3. The molecule has 4 rings (SSSR count). The summed E-state index contributed by atoms with van der Waals surface area (Å²) in [5.41, 5.74) is 2.45. The second kappa shape index (κ2) is 7.03. The van der Waals surface area contributed by atoms with Crippen molar-refractivity contribution in [2.24, 2.45) is 0 Å². The molecule has 0 atom stereocenters. The molecule has 1 amide bonds. The van der Waals surface area contributed by atoms with Crippen molar-refractivity contribution >= 4 is 22.6 Å². The van der Waals surface area contributed by atoms with Crippen molar-refractivity contribution in [3.05, 3.63) is 83.7 Å². The normalized spacial score (nSPS) is 11.0. The summed E-state index contributed by atoms with van der Waals surface area (Å²) in [5, 5.41) is 8.08. The largest absolute Gasteiger partial charge is 0.361 e. The van der Waals surface area contributed by atoms with E-state index in [0.29, 0.717) is 11.4 Å². The molecule has 0 aliphatic rings. The summed E-state index contributed by atoms with van der Waals surface area (Å²) in [5.74, 6) is -1.56. The summed E-state index contributed by atoms with van der Waals surface area (Å²) >= 11 is 0. The van der Waals surface area contributed by atoms with E-state index in [1.165, 1.54) is 6.07 Å². The number of amides is 1. The predicted octanol–water partition coefficient (Wildman–Crippen LogP) is 3.87. The van der Waals surface area contributed by atoms with Crippen LogP contribution in [-0.2, 0) is 17.8 Å². The van der Waals surface area contributed by atoms with Gasteiger partial charge in [0.1, 0.15) is 0 Å². The summed E-state index contributed by atoms with van der Waals surface area (Å²) in [6, 6.07) is 13.2. The number of halogens is 2. The molecule has 5 nitrogen and oxygen atoms in total. The summed E-state index contributed by atoms with van der Waals surface area (Å²) in [6.07, 6.45) is 3.75. The van der Waals surface area contributed by atoms with Gasteiger partial charge >= 0.3 is 0 Å². The zero-order valence-corrected chi connectivity index (χ0v) is 14.2. The fourth-order valence-electron chi connectivity index (χ4n) is 2.92. The molecular weight excluding hydrogens is 350 g/mol. The van der Waals surface area contributed by atoms with Crippen LogP contribution in [0.3, 0.4) is 0 Å². The minimum absolute atomic E-state index is 0.181. The van der Waals surface area contributed by atoms with E-state index in [2.05, 4.69) is 15.4 Å². The van der Waals surface area contributed by atoms with Gasteiger partial charge in [-0.2, -0.15) is 5.10 Å². The fraction of sp³-hybridized carbons (Fsp3) is 0.100. The predicted molar refractivity (Wildman–Crippen MR) is 98.3 cm³/mol. The lowest BCUT2D eigenvalue weighted by Crippen LogP contribution is -2.15. The van der Waals surface area contributed by atoms with Crippen LogP contribution < -0.4 is 5.32 Å². The van der Waals surface area contributed by atoms with Crippen LogP contribution in [-0.4, -0.2) is 20.7 Å². The first-order chi connectivity index (χ1) is 13.1. The van der Waals surface area contributed by atoms with Crippen molar-refractivity contribution in [1.29, 1.82) is 0 Å². The van der Waals surface area contributed by atoms with Crippen molar-refractivity contribution in [2.75, 3.05) is 5.32 Å². The van der Waals surface area contributed by atoms with Gasteiger partial charge in [-0.25, -0.2) is 8.78 Å². The third-order valence-electron chi connectivity index (χ3n) is 4.22. The van der Waals surface area contributed by atoms with E-state index in [4.69, 9.17) is 0 Å².